The van der Waals surface area contributed by atoms with Gasteiger partial charge in [0, 0.05) is 22.0 Å². The minimum atomic E-state index is -1.00. The van der Waals surface area contributed by atoms with Crippen molar-refractivity contribution in [2.75, 3.05) is 11.9 Å². The number of halogens is 2. The summed E-state index contributed by atoms with van der Waals surface area (Å²) in [6.07, 6.45) is -0.485. The van der Waals surface area contributed by atoms with Gasteiger partial charge in [0.25, 0.3) is 0 Å². The number of aliphatic hydroxyl groups excluding tert-OH is 1. The quantitative estimate of drug-likeness (QED) is 0.363. The van der Waals surface area contributed by atoms with Crippen LogP contribution in [-0.4, -0.2) is 28.2 Å². The van der Waals surface area contributed by atoms with E-state index in [9.17, 15) is 10.2 Å². The lowest BCUT2D eigenvalue weighted by Gasteiger charge is -2.16. The highest BCUT2D eigenvalue weighted by atomic mass is 35.5. The predicted octanol–water partition coefficient (Wildman–Crippen LogP) is 5.83. The van der Waals surface area contributed by atoms with E-state index in [2.05, 4.69) is 10.5 Å². The number of aryl methyl sites for hydroxylation is 1. The molecule has 1 unspecified atom stereocenters. The van der Waals surface area contributed by atoms with E-state index >= 15 is 0 Å². The number of aromatic hydroxyl groups is 1. The van der Waals surface area contributed by atoms with Crippen LogP contribution in [0.2, 0.25) is 10.0 Å². The van der Waals surface area contributed by atoms with Crippen LogP contribution in [0.25, 0.3) is 0 Å². The molecule has 3 rings (SSSR count). The zero-order chi connectivity index (χ0) is 22.7. The van der Waals surface area contributed by atoms with Crippen LogP contribution in [0.5, 0.6) is 11.5 Å². The van der Waals surface area contributed by atoms with Crippen molar-refractivity contribution >= 4 is 29.1 Å². The van der Waals surface area contributed by atoms with Crippen LogP contribution in [0, 0.1) is 13.8 Å². The molecule has 0 saturated heterocycles. The molecule has 0 spiro atoms. The summed E-state index contributed by atoms with van der Waals surface area (Å²) in [6, 6.07) is 8.85. The molecule has 0 aliphatic heterocycles. The number of rotatable bonds is 8. The number of hydrogen-bond acceptors (Lipinski definition) is 6. The summed E-state index contributed by atoms with van der Waals surface area (Å²) < 4.78 is 10.8. The second-order valence-corrected chi connectivity index (χ2v) is 8.60. The lowest BCUT2D eigenvalue weighted by molar-refractivity contribution is 0.127. The number of hydrogen-bond donors (Lipinski definition) is 3. The number of phenols is 1. The SMILES string of the molecule is Cc1noc(NC(O)COc2cc(Cl)c(Cc3ccc(O)c(C(C)C)c3)c(Cl)c2)c1C. The molecule has 0 saturated carbocycles. The van der Waals surface area contributed by atoms with Gasteiger partial charge in [0.05, 0.1) is 5.69 Å². The van der Waals surface area contributed by atoms with E-state index in [4.69, 9.17) is 32.5 Å². The third kappa shape index (κ3) is 5.64. The summed E-state index contributed by atoms with van der Waals surface area (Å²) in [5.74, 6) is 1.32. The Hall–Kier alpha value is -2.41. The van der Waals surface area contributed by atoms with Gasteiger partial charge in [-0.25, -0.2) is 0 Å². The zero-order valence-corrected chi connectivity index (χ0v) is 19.4. The Morgan fingerprint density at radius 3 is 2.39 bits per heavy atom. The molecule has 2 aromatic carbocycles. The van der Waals surface area contributed by atoms with Crippen molar-refractivity contribution in [2.24, 2.45) is 0 Å². The molecule has 8 heteroatoms. The van der Waals surface area contributed by atoms with Crippen LogP contribution < -0.4 is 10.1 Å². The highest BCUT2D eigenvalue weighted by molar-refractivity contribution is 6.36. The molecule has 0 amide bonds. The Balaban J connectivity index is 1.67. The Morgan fingerprint density at radius 2 is 1.81 bits per heavy atom. The number of aromatic nitrogens is 1. The van der Waals surface area contributed by atoms with Crippen molar-refractivity contribution in [3.63, 3.8) is 0 Å². The highest BCUT2D eigenvalue weighted by Gasteiger charge is 2.15. The number of benzene rings is 2. The minimum Gasteiger partial charge on any atom is -0.508 e. The van der Waals surface area contributed by atoms with Gasteiger partial charge in [-0.05, 0) is 54.7 Å². The number of anilines is 1. The molecular weight excluding hydrogens is 439 g/mol. The maximum atomic E-state index is 10.2. The van der Waals surface area contributed by atoms with Gasteiger partial charge in [-0.2, -0.15) is 0 Å². The van der Waals surface area contributed by atoms with E-state index in [1.807, 2.05) is 39.8 Å². The molecule has 166 valence electrons. The first kappa shape index (κ1) is 23.3. The van der Waals surface area contributed by atoms with E-state index in [0.29, 0.717) is 28.1 Å². The summed E-state index contributed by atoms with van der Waals surface area (Å²) >= 11 is 12.9. The molecule has 0 fully saturated rings. The number of aliphatic hydroxyl groups is 1. The largest absolute Gasteiger partial charge is 0.508 e. The smallest absolute Gasteiger partial charge is 0.229 e. The maximum Gasteiger partial charge on any atom is 0.229 e. The number of nitrogens with zero attached hydrogens (tertiary/aromatic N) is 1. The van der Waals surface area contributed by atoms with E-state index in [-0.39, 0.29) is 18.3 Å². The van der Waals surface area contributed by atoms with E-state index in [1.54, 1.807) is 18.2 Å². The van der Waals surface area contributed by atoms with Gasteiger partial charge in [-0.3, -0.25) is 0 Å². The minimum absolute atomic E-state index is 0.0408. The van der Waals surface area contributed by atoms with Crippen molar-refractivity contribution in [3.8, 4) is 11.5 Å². The van der Waals surface area contributed by atoms with Crippen molar-refractivity contribution in [1.29, 1.82) is 0 Å². The summed E-state index contributed by atoms with van der Waals surface area (Å²) in [7, 11) is 0. The van der Waals surface area contributed by atoms with Gasteiger partial charge in [0.2, 0.25) is 5.88 Å². The first-order valence-corrected chi connectivity index (χ1v) is 10.7. The van der Waals surface area contributed by atoms with E-state index < -0.39 is 6.23 Å². The summed E-state index contributed by atoms with van der Waals surface area (Å²) in [4.78, 5) is 0. The van der Waals surface area contributed by atoms with Gasteiger partial charge in [0.15, 0.2) is 6.23 Å². The topological polar surface area (TPSA) is 87.8 Å². The van der Waals surface area contributed by atoms with Gasteiger partial charge < -0.3 is 24.8 Å². The van der Waals surface area contributed by atoms with Crippen molar-refractivity contribution in [2.45, 2.75) is 46.3 Å². The number of ether oxygens (including phenoxy) is 1. The van der Waals surface area contributed by atoms with Gasteiger partial charge in [0.1, 0.15) is 18.1 Å². The van der Waals surface area contributed by atoms with Gasteiger partial charge in [-0.15, -0.1) is 0 Å². The molecule has 1 atom stereocenters. The second-order valence-electron chi connectivity index (χ2n) is 7.78. The van der Waals surface area contributed by atoms with Crippen LogP contribution in [-0.2, 0) is 6.42 Å². The molecule has 0 bridgehead atoms. The molecule has 1 aromatic heterocycles. The summed E-state index contributed by atoms with van der Waals surface area (Å²) in [5.41, 5.74) is 4.21. The summed E-state index contributed by atoms with van der Waals surface area (Å²) in [6.45, 7) is 7.68. The molecule has 0 aliphatic carbocycles. The normalized spacial score (nSPS) is 12.3. The molecule has 3 N–H and O–H groups in total. The number of phenolic OH excluding ortho intramolecular Hbond substituents is 1. The molecule has 31 heavy (non-hydrogen) atoms. The van der Waals surface area contributed by atoms with E-state index in [0.717, 1.165) is 27.9 Å². The average molecular weight is 465 g/mol. The molecule has 3 aromatic rings. The van der Waals surface area contributed by atoms with Crippen LogP contribution in [0.1, 0.15) is 47.7 Å². The Morgan fingerprint density at radius 1 is 1.13 bits per heavy atom. The Bertz CT molecular complexity index is 1040. The van der Waals surface area contributed by atoms with Gasteiger partial charge >= 0.3 is 0 Å². The lowest BCUT2D eigenvalue weighted by atomic mass is 9.96. The summed E-state index contributed by atoms with van der Waals surface area (Å²) in [5, 5.41) is 27.8. The first-order chi connectivity index (χ1) is 14.7. The van der Waals surface area contributed by atoms with Gasteiger partial charge in [-0.1, -0.05) is 54.3 Å². The predicted molar refractivity (Wildman–Crippen MR) is 123 cm³/mol. The van der Waals surface area contributed by atoms with Crippen LogP contribution in [0.4, 0.5) is 5.88 Å². The maximum absolute atomic E-state index is 10.2. The molecule has 1 heterocycles. The third-order valence-corrected chi connectivity index (χ3v) is 5.75. The lowest BCUT2D eigenvalue weighted by Crippen LogP contribution is -2.26. The van der Waals surface area contributed by atoms with Crippen LogP contribution >= 0.6 is 23.2 Å². The zero-order valence-electron chi connectivity index (χ0n) is 17.9. The molecular formula is C23H26Cl2N2O4. The monoisotopic (exact) mass is 464 g/mol. The van der Waals surface area contributed by atoms with Crippen LogP contribution in [0.15, 0.2) is 34.9 Å². The molecule has 0 aliphatic rings. The van der Waals surface area contributed by atoms with Crippen molar-refractivity contribution in [3.05, 3.63) is 68.3 Å². The van der Waals surface area contributed by atoms with Crippen molar-refractivity contribution < 1.29 is 19.5 Å². The fourth-order valence-corrected chi connectivity index (χ4v) is 3.73. The van der Waals surface area contributed by atoms with Crippen LogP contribution in [0.3, 0.4) is 0 Å². The third-order valence-electron chi connectivity index (χ3n) is 5.07. The highest BCUT2D eigenvalue weighted by Crippen LogP contribution is 2.34. The average Bonchev–Trinajstić information content (AvgIpc) is 3.02. The standard InChI is InChI=1S/C23H26Cl2N2O4/c1-12(2)17-7-15(5-6-21(17)28)8-18-19(24)9-16(10-20(18)25)30-11-22(29)26-23-13(3)14(4)27-31-23/h5-7,9-10,12,22,26,28-29H,8,11H2,1-4H3. The molecule has 0 radical (unpaired) electrons. The molecule has 6 nitrogen and oxygen atoms in total. The van der Waals surface area contributed by atoms with Crippen molar-refractivity contribution in [1.82, 2.24) is 5.16 Å². The van der Waals surface area contributed by atoms with E-state index in [1.165, 1.54) is 0 Å². The Labute approximate surface area is 191 Å². The Kier molecular flexibility index (Phi) is 7.36. The fraction of sp³-hybridized carbons (Fsp3) is 0.348. The first-order valence-electron chi connectivity index (χ1n) is 9.95. The fourth-order valence-electron chi connectivity index (χ4n) is 3.13. The second kappa shape index (κ2) is 9.81. The number of nitrogens with one attached hydrogen (secondary N) is 1.